The third kappa shape index (κ3) is 2.85. The number of rotatable bonds is 3. The molecule has 0 aromatic carbocycles. The van der Waals surface area contributed by atoms with E-state index in [1.165, 1.54) is 12.8 Å². The monoisotopic (exact) mass is 263 g/mol. The Bertz CT molecular complexity index is 486. The number of anilines is 1. The predicted octanol–water partition coefficient (Wildman–Crippen LogP) is 3.68. The van der Waals surface area contributed by atoms with E-state index in [0.29, 0.717) is 11.4 Å². The van der Waals surface area contributed by atoms with Gasteiger partial charge in [0.1, 0.15) is 0 Å². The molecule has 1 aliphatic rings. The standard InChI is InChI=1S/C14H21N3O2/c1-10-7-9-15-13(12(10)17(18)19)16-11-6-4-5-8-14(11,2)3/h7,9,11H,4-6,8H2,1-3H3,(H,15,16). The first-order chi connectivity index (χ1) is 8.92. The lowest BCUT2D eigenvalue weighted by Crippen LogP contribution is -2.39. The van der Waals surface area contributed by atoms with Crippen LogP contribution in [0.25, 0.3) is 0 Å². The van der Waals surface area contributed by atoms with Crippen molar-refractivity contribution in [3.8, 4) is 0 Å². The van der Waals surface area contributed by atoms with Gasteiger partial charge in [0.25, 0.3) is 0 Å². The van der Waals surface area contributed by atoms with Gasteiger partial charge in [0, 0.05) is 17.8 Å². The predicted molar refractivity (Wildman–Crippen MR) is 75.3 cm³/mol. The van der Waals surface area contributed by atoms with E-state index >= 15 is 0 Å². The second-order valence-corrected chi connectivity index (χ2v) is 6.01. The molecule has 0 amide bonds. The van der Waals surface area contributed by atoms with Crippen molar-refractivity contribution in [1.29, 1.82) is 0 Å². The minimum atomic E-state index is -0.347. The summed E-state index contributed by atoms with van der Waals surface area (Å²) >= 11 is 0. The van der Waals surface area contributed by atoms with Crippen LogP contribution < -0.4 is 5.32 Å². The molecule has 1 aliphatic carbocycles. The fourth-order valence-corrected chi connectivity index (χ4v) is 2.81. The van der Waals surface area contributed by atoms with Crippen molar-refractivity contribution in [2.75, 3.05) is 5.32 Å². The minimum Gasteiger partial charge on any atom is -0.361 e. The van der Waals surface area contributed by atoms with Crippen LogP contribution in [-0.4, -0.2) is 15.9 Å². The number of nitrogens with one attached hydrogen (secondary N) is 1. The van der Waals surface area contributed by atoms with Gasteiger partial charge in [0.2, 0.25) is 5.82 Å². The first kappa shape index (κ1) is 13.8. The van der Waals surface area contributed by atoms with Gasteiger partial charge in [-0.2, -0.15) is 0 Å². The second kappa shape index (κ2) is 5.15. The summed E-state index contributed by atoms with van der Waals surface area (Å²) in [6.45, 7) is 6.17. The molecule has 0 aliphatic heterocycles. The number of pyridine rings is 1. The first-order valence-corrected chi connectivity index (χ1v) is 6.78. The van der Waals surface area contributed by atoms with Gasteiger partial charge in [0.05, 0.1) is 4.92 Å². The molecule has 104 valence electrons. The van der Waals surface area contributed by atoms with Crippen LogP contribution in [0.5, 0.6) is 0 Å². The summed E-state index contributed by atoms with van der Waals surface area (Å²) in [7, 11) is 0. The zero-order valence-electron chi connectivity index (χ0n) is 11.8. The van der Waals surface area contributed by atoms with Gasteiger partial charge in [-0.1, -0.05) is 26.7 Å². The quantitative estimate of drug-likeness (QED) is 0.667. The smallest absolute Gasteiger partial charge is 0.314 e. The number of hydrogen-bond acceptors (Lipinski definition) is 4. The maximum atomic E-state index is 11.2. The topological polar surface area (TPSA) is 68.1 Å². The zero-order chi connectivity index (χ0) is 14.0. The van der Waals surface area contributed by atoms with Crippen molar-refractivity contribution in [3.05, 3.63) is 27.9 Å². The molecule has 1 aromatic rings. The van der Waals surface area contributed by atoms with Crippen LogP contribution in [0.4, 0.5) is 11.5 Å². The van der Waals surface area contributed by atoms with E-state index in [4.69, 9.17) is 0 Å². The molecule has 5 heteroatoms. The Morgan fingerprint density at radius 2 is 2.21 bits per heavy atom. The van der Waals surface area contributed by atoms with Crippen LogP contribution >= 0.6 is 0 Å². The van der Waals surface area contributed by atoms with Gasteiger partial charge in [-0.25, -0.2) is 4.98 Å². The van der Waals surface area contributed by atoms with Gasteiger partial charge in [0.15, 0.2) is 0 Å². The summed E-state index contributed by atoms with van der Waals surface area (Å²) in [6, 6.07) is 1.92. The lowest BCUT2D eigenvalue weighted by Gasteiger charge is -2.39. The van der Waals surface area contributed by atoms with Crippen LogP contribution in [0.3, 0.4) is 0 Å². The maximum Gasteiger partial charge on any atom is 0.314 e. The molecule has 1 unspecified atom stereocenters. The Morgan fingerprint density at radius 3 is 2.84 bits per heavy atom. The molecular formula is C14H21N3O2. The lowest BCUT2D eigenvalue weighted by molar-refractivity contribution is -0.384. The van der Waals surface area contributed by atoms with Crippen molar-refractivity contribution < 1.29 is 4.92 Å². The van der Waals surface area contributed by atoms with Gasteiger partial charge < -0.3 is 5.32 Å². The molecule has 1 saturated carbocycles. The number of aromatic nitrogens is 1. The molecule has 1 atom stereocenters. The lowest BCUT2D eigenvalue weighted by atomic mass is 9.73. The zero-order valence-corrected chi connectivity index (χ0v) is 11.8. The largest absolute Gasteiger partial charge is 0.361 e. The van der Waals surface area contributed by atoms with Crippen LogP contribution in [-0.2, 0) is 0 Å². The highest BCUT2D eigenvalue weighted by atomic mass is 16.6. The summed E-state index contributed by atoms with van der Waals surface area (Å²) < 4.78 is 0. The second-order valence-electron chi connectivity index (χ2n) is 6.01. The molecule has 1 fully saturated rings. The number of nitrogens with zero attached hydrogens (tertiary/aromatic N) is 2. The number of aryl methyl sites for hydroxylation is 1. The van der Waals surface area contributed by atoms with Gasteiger partial charge in [-0.05, 0) is 31.2 Å². The normalized spacial score (nSPS) is 21.9. The third-order valence-electron chi connectivity index (χ3n) is 4.13. The first-order valence-electron chi connectivity index (χ1n) is 6.78. The molecule has 0 radical (unpaired) electrons. The van der Waals surface area contributed by atoms with Gasteiger partial charge >= 0.3 is 5.69 Å². The van der Waals surface area contributed by atoms with Crippen molar-refractivity contribution >= 4 is 11.5 Å². The van der Waals surface area contributed by atoms with E-state index in [2.05, 4.69) is 24.1 Å². The molecular weight excluding hydrogens is 242 g/mol. The van der Waals surface area contributed by atoms with Crippen LogP contribution in [0.15, 0.2) is 12.3 Å². The van der Waals surface area contributed by atoms with Crippen molar-refractivity contribution in [2.24, 2.45) is 5.41 Å². The van der Waals surface area contributed by atoms with E-state index in [1.54, 1.807) is 19.2 Å². The number of nitro groups is 1. The highest BCUT2D eigenvalue weighted by Crippen LogP contribution is 2.38. The number of hydrogen-bond donors (Lipinski definition) is 1. The van der Waals surface area contributed by atoms with E-state index in [1.807, 2.05) is 0 Å². The molecule has 0 spiro atoms. The fraction of sp³-hybridized carbons (Fsp3) is 0.643. The van der Waals surface area contributed by atoms with E-state index in [-0.39, 0.29) is 22.1 Å². The molecule has 2 rings (SSSR count). The maximum absolute atomic E-state index is 11.2. The highest BCUT2D eigenvalue weighted by molar-refractivity contribution is 5.60. The van der Waals surface area contributed by atoms with E-state index < -0.39 is 0 Å². The fourth-order valence-electron chi connectivity index (χ4n) is 2.81. The summed E-state index contributed by atoms with van der Waals surface area (Å²) in [4.78, 5) is 15.0. The molecule has 0 bridgehead atoms. The summed E-state index contributed by atoms with van der Waals surface area (Å²) in [5.74, 6) is 0.407. The Kier molecular flexibility index (Phi) is 3.73. The third-order valence-corrected chi connectivity index (χ3v) is 4.13. The summed E-state index contributed by atoms with van der Waals surface area (Å²) in [5, 5.41) is 14.5. The summed E-state index contributed by atoms with van der Waals surface area (Å²) in [6.07, 6.45) is 6.21. The van der Waals surface area contributed by atoms with Crippen molar-refractivity contribution in [2.45, 2.75) is 52.5 Å². The van der Waals surface area contributed by atoms with Gasteiger partial charge in [-0.15, -0.1) is 0 Å². The average Bonchev–Trinajstić information content (AvgIpc) is 2.31. The average molecular weight is 263 g/mol. The van der Waals surface area contributed by atoms with E-state index in [0.717, 1.165) is 12.8 Å². The van der Waals surface area contributed by atoms with Crippen LogP contribution in [0.2, 0.25) is 0 Å². The Labute approximate surface area is 113 Å². The Morgan fingerprint density at radius 1 is 1.47 bits per heavy atom. The molecule has 1 N–H and O–H groups in total. The van der Waals surface area contributed by atoms with Gasteiger partial charge in [-0.3, -0.25) is 10.1 Å². The summed E-state index contributed by atoms with van der Waals surface area (Å²) in [5.41, 5.74) is 0.900. The molecule has 1 aromatic heterocycles. The molecule has 5 nitrogen and oxygen atoms in total. The van der Waals surface area contributed by atoms with Crippen molar-refractivity contribution in [1.82, 2.24) is 4.98 Å². The highest BCUT2D eigenvalue weighted by Gasteiger charge is 2.34. The molecule has 1 heterocycles. The van der Waals surface area contributed by atoms with Crippen molar-refractivity contribution in [3.63, 3.8) is 0 Å². The molecule has 0 saturated heterocycles. The van der Waals surface area contributed by atoms with Crippen LogP contribution in [0, 0.1) is 22.5 Å². The SMILES string of the molecule is Cc1ccnc(NC2CCCCC2(C)C)c1[N+](=O)[O-]. The minimum absolute atomic E-state index is 0.101. The Hall–Kier alpha value is -1.65. The Balaban J connectivity index is 2.28. The molecule has 19 heavy (non-hydrogen) atoms. The van der Waals surface area contributed by atoms with Crippen LogP contribution in [0.1, 0.15) is 45.1 Å². The van der Waals surface area contributed by atoms with E-state index in [9.17, 15) is 10.1 Å².